The zero-order chi connectivity index (χ0) is 28.0. The van der Waals surface area contributed by atoms with Crippen molar-refractivity contribution < 1.29 is 13.2 Å². The zero-order valence-electron chi connectivity index (χ0n) is 23.5. The van der Waals surface area contributed by atoms with Gasteiger partial charge in [0.05, 0.1) is 4.90 Å². The fourth-order valence-corrected chi connectivity index (χ4v) is 5.89. The molecule has 0 radical (unpaired) electrons. The molecule has 210 valence electrons. The minimum Gasteiger partial charge on any atom is -0.492 e. The van der Waals surface area contributed by atoms with Gasteiger partial charge in [0.2, 0.25) is 16.0 Å². The van der Waals surface area contributed by atoms with E-state index in [1.807, 2.05) is 65.0 Å². The topological polar surface area (TPSA) is 108 Å². The number of anilines is 4. The van der Waals surface area contributed by atoms with Crippen molar-refractivity contribution in [2.45, 2.75) is 64.3 Å². The van der Waals surface area contributed by atoms with E-state index in [0.717, 1.165) is 29.1 Å². The molecule has 1 aliphatic rings. The van der Waals surface area contributed by atoms with Crippen molar-refractivity contribution in [3.8, 4) is 5.75 Å². The number of benzene rings is 2. The van der Waals surface area contributed by atoms with Crippen LogP contribution < -0.4 is 20.1 Å². The predicted octanol–water partition coefficient (Wildman–Crippen LogP) is 5.39. The van der Waals surface area contributed by atoms with Gasteiger partial charge in [0.25, 0.3) is 0 Å². The van der Waals surface area contributed by atoms with Crippen molar-refractivity contribution >= 4 is 33.2 Å². The van der Waals surface area contributed by atoms with Gasteiger partial charge in [-0.1, -0.05) is 6.92 Å². The Kier molecular flexibility index (Phi) is 9.09. The smallest absolute Gasteiger partial charge is 0.241 e. The van der Waals surface area contributed by atoms with Crippen LogP contribution in [-0.2, 0) is 16.4 Å². The summed E-state index contributed by atoms with van der Waals surface area (Å²) < 4.78 is 34.6. The summed E-state index contributed by atoms with van der Waals surface area (Å²) in [6, 6.07) is 13.0. The van der Waals surface area contributed by atoms with E-state index in [9.17, 15) is 8.42 Å². The van der Waals surface area contributed by atoms with Crippen molar-refractivity contribution in [2.24, 2.45) is 0 Å². The van der Waals surface area contributed by atoms with Crippen LogP contribution >= 0.6 is 0 Å². The van der Waals surface area contributed by atoms with Gasteiger partial charge in [-0.25, -0.2) is 18.1 Å². The Hall–Kier alpha value is -3.21. The normalized spacial score (nSPS) is 14.4. The van der Waals surface area contributed by atoms with Gasteiger partial charge in [0.1, 0.15) is 18.2 Å². The number of aryl methyl sites for hydroxylation is 2. The SMILES string of the molecule is CCc1cc(Nc2nc(Nc3ccc(OCCN4CCCC4)cc3)ncc2C)cc(S(=O)(=O)NC(C)(C)C)c1. The van der Waals surface area contributed by atoms with Crippen LogP contribution in [0, 0.1) is 6.92 Å². The Morgan fingerprint density at radius 3 is 2.38 bits per heavy atom. The first-order chi connectivity index (χ1) is 18.5. The average molecular weight is 553 g/mol. The lowest BCUT2D eigenvalue weighted by molar-refractivity contribution is 0.238. The van der Waals surface area contributed by atoms with Crippen LogP contribution in [0.2, 0.25) is 0 Å². The van der Waals surface area contributed by atoms with Gasteiger partial charge in [0.15, 0.2) is 0 Å². The third-order valence-corrected chi connectivity index (χ3v) is 8.08. The van der Waals surface area contributed by atoms with E-state index in [4.69, 9.17) is 4.74 Å². The number of sulfonamides is 1. The first-order valence-electron chi connectivity index (χ1n) is 13.5. The molecule has 0 spiro atoms. The van der Waals surface area contributed by atoms with E-state index in [0.29, 0.717) is 30.5 Å². The molecule has 2 heterocycles. The average Bonchev–Trinajstić information content (AvgIpc) is 3.39. The maximum Gasteiger partial charge on any atom is 0.241 e. The van der Waals surface area contributed by atoms with E-state index in [1.165, 1.54) is 25.9 Å². The summed E-state index contributed by atoms with van der Waals surface area (Å²) in [5.41, 5.74) is 2.64. The van der Waals surface area contributed by atoms with E-state index < -0.39 is 15.6 Å². The highest BCUT2D eigenvalue weighted by Crippen LogP contribution is 2.26. The molecule has 1 saturated heterocycles. The molecule has 10 heteroatoms. The van der Waals surface area contributed by atoms with Gasteiger partial charge < -0.3 is 15.4 Å². The van der Waals surface area contributed by atoms with Crippen molar-refractivity contribution in [3.63, 3.8) is 0 Å². The number of aromatic nitrogens is 2. The second-order valence-electron chi connectivity index (χ2n) is 11.0. The van der Waals surface area contributed by atoms with Crippen molar-refractivity contribution in [2.75, 3.05) is 36.9 Å². The Balaban J connectivity index is 1.45. The summed E-state index contributed by atoms with van der Waals surface area (Å²) in [7, 11) is -3.69. The summed E-state index contributed by atoms with van der Waals surface area (Å²) >= 11 is 0. The lowest BCUT2D eigenvalue weighted by Gasteiger charge is -2.21. The second kappa shape index (κ2) is 12.3. The predicted molar refractivity (Wildman–Crippen MR) is 157 cm³/mol. The molecule has 1 fully saturated rings. The zero-order valence-corrected chi connectivity index (χ0v) is 24.4. The van der Waals surface area contributed by atoms with Crippen molar-refractivity contribution in [1.82, 2.24) is 19.6 Å². The fraction of sp³-hybridized carbons (Fsp3) is 0.448. The van der Waals surface area contributed by atoms with Gasteiger partial charge in [-0.05, 0) is 108 Å². The Morgan fingerprint density at radius 2 is 1.72 bits per heavy atom. The first kappa shape index (κ1) is 28.8. The van der Waals surface area contributed by atoms with Crippen LogP contribution in [0.5, 0.6) is 5.75 Å². The maximum atomic E-state index is 13.0. The summed E-state index contributed by atoms with van der Waals surface area (Å²) in [5.74, 6) is 1.85. The fourth-order valence-electron chi connectivity index (χ4n) is 4.38. The Labute approximate surface area is 232 Å². The van der Waals surface area contributed by atoms with Crippen molar-refractivity contribution in [1.29, 1.82) is 0 Å². The van der Waals surface area contributed by atoms with E-state index in [1.54, 1.807) is 18.3 Å². The molecule has 0 unspecified atom stereocenters. The Morgan fingerprint density at radius 1 is 1.00 bits per heavy atom. The highest BCUT2D eigenvalue weighted by atomic mass is 32.2. The molecule has 1 aliphatic heterocycles. The largest absolute Gasteiger partial charge is 0.492 e. The highest BCUT2D eigenvalue weighted by molar-refractivity contribution is 7.89. The quantitative estimate of drug-likeness (QED) is 0.291. The van der Waals surface area contributed by atoms with Crippen LogP contribution in [0.4, 0.5) is 23.1 Å². The molecular weight excluding hydrogens is 512 g/mol. The molecule has 1 aromatic heterocycles. The Bertz CT molecular complexity index is 1360. The minimum atomic E-state index is -3.69. The summed E-state index contributed by atoms with van der Waals surface area (Å²) in [4.78, 5) is 11.7. The molecule has 0 bridgehead atoms. The van der Waals surface area contributed by atoms with Gasteiger partial charge in [-0.2, -0.15) is 4.98 Å². The summed E-state index contributed by atoms with van der Waals surface area (Å²) in [6.07, 6.45) is 4.99. The van der Waals surface area contributed by atoms with Gasteiger partial charge >= 0.3 is 0 Å². The van der Waals surface area contributed by atoms with Crippen LogP contribution in [0.15, 0.2) is 53.6 Å². The lowest BCUT2D eigenvalue weighted by Crippen LogP contribution is -2.40. The molecule has 4 rings (SSSR count). The number of hydrogen-bond acceptors (Lipinski definition) is 8. The molecule has 2 aromatic carbocycles. The number of nitrogens with zero attached hydrogens (tertiary/aromatic N) is 3. The van der Waals surface area contributed by atoms with Gasteiger partial charge in [-0.3, -0.25) is 4.90 Å². The molecule has 0 amide bonds. The van der Waals surface area contributed by atoms with Crippen molar-refractivity contribution in [3.05, 3.63) is 59.8 Å². The number of ether oxygens (including phenoxy) is 1. The first-order valence-corrected chi connectivity index (χ1v) is 15.0. The summed E-state index contributed by atoms with van der Waals surface area (Å²) in [6.45, 7) is 13.3. The van der Waals surface area contributed by atoms with Crippen LogP contribution in [0.1, 0.15) is 51.7 Å². The van der Waals surface area contributed by atoms with Crippen LogP contribution in [0.25, 0.3) is 0 Å². The third-order valence-electron chi connectivity index (χ3n) is 6.35. The van der Waals surface area contributed by atoms with E-state index in [-0.39, 0.29) is 4.90 Å². The molecule has 0 saturated carbocycles. The standard InChI is InChI=1S/C29H40N6O3S/c1-6-22-17-24(19-26(18-22)39(36,37)34-29(3,4)5)31-27-21(2)20-30-28(33-27)32-23-9-11-25(12-10-23)38-16-15-35-13-7-8-14-35/h9-12,17-20,34H,6-8,13-16H2,1-5H3,(H2,30,31,32,33). The highest BCUT2D eigenvalue weighted by Gasteiger charge is 2.23. The number of nitrogens with one attached hydrogen (secondary N) is 3. The van der Waals surface area contributed by atoms with Crippen LogP contribution in [-0.4, -0.2) is 55.1 Å². The maximum absolute atomic E-state index is 13.0. The summed E-state index contributed by atoms with van der Waals surface area (Å²) in [5, 5.41) is 6.53. The van der Waals surface area contributed by atoms with E-state index >= 15 is 0 Å². The lowest BCUT2D eigenvalue weighted by atomic mass is 10.1. The molecule has 3 aromatic rings. The third kappa shape index (κ3) is 8.39. The molecule has 0 atom stereocenters. The number of likely N-dealkylation sites (tertiary alicyclic amines) is 1. The molecule has 0 aliphatic carbocycles. The molecular formula is C29H40N6O3S. The second-order valence-corrected chi connectivity index (χ2v) is 12.7. The minimum absolute atomic E-state index is 0.215. The molecule has 3 N–H and O–H groups in total. The van der Waals surface area contributed by atoms with Gasteiger partial charge in [-0.15, -0.1) is 0 Å². The van der Waals surface area contributed by atoms with E-state index in [2.05, 4.69) is 30.2 Å². The number of rotatable bonds is 11. The number of hydrogen-bond donors (Lipinski definition) is 3. The van der Waals surface area contributed by atoms with Crippen LogP contribution in [0.3, 0.4) is 0 Å². The van der Waals surface area contributed by atoms with Gasteiger partial charge in [0, 0.05) is 35.2 Å². The molecule has 39 heavy (non-hydrogen) atoms. The monoisotopic (exact) mass is 552 g/mol. The molecule has 9 nitrogen and oxygen atoms in total.